The van der Waals surface area contributed by atoms with Crippen LogP contribution in [-0.4, -0.2) is 30.5 Å². The van der Waals surface area contributed by atoms with Gasteiger partial charge in [0.05, 0.1) is 12.0 Å². The van der Waals surface area contributed by atoms with Crippen LogP contribution in [0.4, 0.5) is 5.00 Å². The van der Waals surface area contributed by atoms with E-state index in [1.807, 2.05) is 0 Å². The lowest BCUT2D eigenvalue weighted by atomic mass is 10.2. The maximum atomic E-state index is 11.7. The molecule has 1 amide bonds. The Labute approximate surface area is 141 Å². The summed E-state index contributed by atoms with van der Waals surface area (Å²) in [5, 5.41) is 13.0. The number of hydrogen-bond acceptors (Lipinski definition) is 7. The third-order valence-corrected chi connectivity index (χ3v) is 3.97. The summed E-state index contributed by atoms with van der Waals surface area (Å²) in [5.41, 5.74) is 0.865. The van der Waals surface area contributed by atoms with Gasteiger partial charge in [-0.1, -0.05) is 23.5 Å². The first-order chi connectivity index (χ1) is 11.5. The first-order valence-corrected chi connectivity index (χ1v) is 7.62. The third kappa shape index (κ3) is 4.78. The van der Waals surface area contributed by atoms with E-state index in [2.05, 4.69) is 5.32 Å². The lowest BCUT2D eigenvalue weighted by molar-refractivity contribution is -0.380. The molecule has 0 aliphatic rings. The van der Waals surface area contributed by atoms with Crippen LogP contribution in [0.25, 0.3) is 0 Å². The third-order valence-electron chi connectivity index (χ3n) is 2.96. The summed E-state index contributed by atoms with van der Waals surface area (Å²) in [7, 11) is 1.56. The average Bonchev–Trinajstić information content (AvgIpc) is 3.08. The Hall–Kier alpha value is -2.94. The molecule has 1 aromatic carbocycles. The van der Waals surface area contributed by atoms with E-state index in [0.29, 0.717) is 17.1 Å². The summed E-state index contributed by atoms with van der Waals surface area (Å²) in [6.07, 6.45) is 0. The van der Waals surface area contributed by atoms with E-state index < -0.39 is 23.4 Å². The van der Waals surface area contributed by atoms with Gasteiger partial charge in [-0.25, -0.2) is 4.79 Å². The van der Waals surface area contributed by atoms with Crippen LogP contribution in [0.5, 0.6) is 5.75 Å². The molecule has 0 bridgehead atoms. The van der Waals surface area contributed by atoms with Crippen molar-refractivity contribution in [2.24, 2.45) is 0 Å². The number of carbonyl (C=O) groups is 2. The van der Waals surface area contributed by atoms with E-state index in [1.165, 1.54) is 12.1 Å². The highest BCUT2D eigenvalue weighted by Gasteiger charge is 2.17. The fourth-order valence-corrected chi connectivity index (χ4v) is 2.45. The lowest BCUT2D eigenvalue weighted by Crippen LogP contribution is -2.28. The summed E-state index contributed by atoms with van der Waals surface area (Å²) >= 11 is 0.697. The first kappa shape index (κ1) is 17.4. The molecule has 0 radical (unpaired) electrons. The summed E-state index contributed by atoms with van der Waals surface area (Å²) in [6.45, 7) is -0.175. The smallest absolute Gasteiger partial charge is 0.349 e. The monoisotopic (exact) mass is 350 g/mol. The van der Waals surface area contributed by atoms with Crippen molar-refractivity contribution in [3.8, 4) is 5.75 Å². The van der Waals surface area contributed by atoms with Crippen molar-refractivity contribution >= 4 is 28.2 Å². The molecule has 0 aliphatic carbocycles. The SMILES string of the molecule is COc1ccc(CNC(=O)COC(=O)c2ccc([N+](=O)[O-])s2)cc1. The van der Waals surface area contributed by atoms with E-state index in [-0.39, 0.29) is 16.4 Å². The van der Waals surface area contributed by atoms with E-state index in [4.69, 9.17) is 9.47 Å². The molecule has 24 heavy (non-hydrogen) atoms. The first-order valence-electron chi connectivity index (χ1n) is 6.80. The fraction of sp³-hybridized carbons (Fsp3) is 0.200. The standard InChI is InChI=1S/C15H14N2O6S/c1-22-11-4-2-10(3-5-11)8-16-13(18)9-23-15(19)12-6-7-14(24-12)17(20)21/h2-7H,8-9H2,1H3,(H,16,18). The number of amides is 1. The molecule has 9 heteroatoms. The second-order valence-electron chi connectivity index (χ2n) is 4.60. The lowest BCUT2D eigenvalue weighted by Gasteiger charge is -2.06. The highest BCUT2D eigenvalue weighted by Crippen LogP contribution is 2.24. The molecule has 1 aromatic heterocycles. The summed E-state index contributed by atoms with van der Waals surface area (Å²) < 4.78 is 9.86. The summed E-state index contributed by atoms with van der Waals surface area (Å²) in [5.74, 6) is -0.526. The molecule has 0 aliphatic heterocycles. The average molecular weight is 350 g/mol. The van der Waals surface area contributed by atoms with Crippen LogP contribution < -0.4 is 10.1 Å². The maximum Gasteiger partial charge on any atom is 0.349 e. The molecule has 0 unspecified atom stereocenters. The van der Waals surface area contributed by atoms with Gasteiger partial charge in [-0.05, 0) is 23.8 Å². The predicted molar refractivity (Wildman–Crippen MR) is 86.1 cm³/mol. The van der Waals surface area contributed by atoms with Gasteiger partial charge in [0, 0.05) is 12.6 Å². The topological polar surface area (TPSA) is 108 Å². The number of nitro groups is 1. The van der Waals surface area contributed by atoms with Gasteiger partial charge in [-0.15, -0.1) is 0 Å². The van der Waals surface area contributed by atoms with Gasteiger partial charge in [0.1, 0.15) is 10.6 Å². The zero-order valence-electron chi connectivity index (χ0n) is 12.7. The number of hydrogen-bond donors (Lipinski definition) is 1. The zero-order chi connectivity index (χ0) is 17.5. The van der Waals surface area contributed by atoms with E-state index in [0.717, 1.165) is 5.56 Å². The minimum Gasteiger partial charge on any atom is -0.497 e. The normalized spacial score (nSPS) is 10.0. The van der Waals surface area contributed by atoms with Crippen molar-refractivity contribution in [1.29, 1.82) is 0 Å². The van der Waals surface area contributed by atoms with Crippen LogP contribution in [0.1, 0.15) is 15.2 Å². The number of nitrogens with one attached hydrogen (secondary N) is 1. The number of ether oxygens (including phenoxy) is 2. The van der Waals surface area contributed by atoms with Crippen molar-refractivity contribution in [1.82, 2.24) is 5.32 Å². The number of nitrogens with zero attached hydrogens (tertiary/aromatic N) is 1. The van der Waals surface area contributed by atoms with Crippen molar-refractivity contribution in [2.45, 2.75) is 6.54 Å². The van der Waals surface area contributed by atoms with Crippen LogP contribution >= 0.6 is 11.3 Å². The quantitative estimate of drug-likeness (QED) is 0.466. The van der Waals surface area contributed by atoms with Crippen LogP contribution in [0.15, 0.2) is 36.4 Å². The van der Waals surface area contributed by atoms with Gasteiger partial charge in [0.2, 0.25) is 0 Å². The molecule has 0 saturated carbocycles. The Morgan fingerprint density at radius 2 is 1.92 bits per heavy atom. The highest BCUT2D eigenvalue weighted by atomic mass is 32.1. The van der Waals surface area contributed by atoms with Gasteiger partial charge >= 0.3 is 11.0 Å². The Balaban J connectivity index is 1.77. The van der Waals surface area contributed by atoms with Crippen LogP contribution in [0.3, 0.4) is 0 Å². The molecular weight excluding hydrogens is 336 g/mol. The van der Waals surface area contributed by atoms with Crippen LogP contribution in [-0.2, 0) is 16.1 Å². The number of carbonyl (C=O) groups excluding carboxylic acids is 2. The van der Waals surface area contributed by atoms with Crippen molar-refractivity contribution < 1.29 is 24.0 Å². The minimum atomic E-state index is -0.771. The molecule has 0 spiro atoms. The Kier molecular flexibility index (Phi) is 5.85. The molecule has 1 N–H and O–H groups in total. The number of esters is 1. The number of rotatable bonds is 7. The second kappa shape index (κ2) is 8.06. The fourth-order valence-electron chi connectivity index (χ4n) is 1.73. The summed E-state index contributed by atoms with van der Waals surface area (Å²) in [6, 6.07) is 9.65. The molecule has 0 atom stereocenters. The molecule has 1 heterocycles. The van der Waals surface area contributed by atoms with Crippen molar-refractivity contribution in [3.63, 3.8) is 0 Å². The largest absolute Gasteiger partial charge is 0.497 e. The Bertz CT molecular complexity index is 741. The molecular formula is C15H14N2O6S. The number of methoxy groups -OCH3 is 1. The van der Waals surface area contributed by atoms with Crippen molar-refractivity contribution in [3.05, 3.63) is 57.0 Å². The van der Waals surface area contributed by atoms with E-state index in [9.17, 15) is 19.7 Å². The summed E-state index contributed by atoms with van der Waals surface area (Å²) in [4.78, 5) is 33.4. The van der Waals surface area contributed by atoms with Gasteiger partial charge < -0.3 is 14.8 Å². The molecule has 0 saturated heterocycles. The van der Waals surface area contributed by atoms with Gasteiger partial charge in [-0.3, -0.25) is 14.9 Å². The molecule has 0 fully saturated rings. The van der Waals surface area contributed by atoms with Crippen molar-refractivity contribution in [2.75, 3.05) is 13.7 Å². The van der Waals surface area contributed by atoms with Crippen LogP contribution in [0, 0.1) is 10.1 Å². The van der Waals surface area contributed by atoms with E-state index >= 15 is 0 Å². The highest BCUT2D eigenvalue weighted by molar-refractivity contribution is 7.17. The Morgan fingerprint density at radius 3 is 2.50 bits per heavy atom. The number of thiophene rings is 1. The molecule has 2 aromatic rings. The number of benzene rings is 1. The molecule has 8 nitrogen and oxygen atoms in total. The molecule has 2 rings (SSSR count). The van der Waals surface area contributed by atoms with Gasteiger partial charge in [-0.2, -0.15) is 0 Å². The zero-order valence-corrected chi connectivity index (χ0v) is 13.5. The van der Waals surface area contributed by atoms with Gasteiger partial charge in [0.25, 0.3) is 5.91 Å². The predicted octanol–water partition coefficient (Wildman–Crippen LogP) is 2.14. The Morgan fingerprint density at radius 1 is 1.21 bits per heavy atom. The maximum absolute atomic E-state index is 11.7. The van der Waals surface area contributed by atoms with Gasteiger partial charge in [0.15, 0.2) is 6.61 Å². The second-order valence-corrected chi connectivity index (χ2v) is 5.66. The van der Waals surface area contributed by atoms with E-state index in [1.54, 1.807) is 31.4 Å². The van der Waals surface area contributed by atoms with Crippen LogP contribution in [0.2, 0.25) is 0 Å². The molecule has 126 valence electrons. The minimum absolute atomic E-state index is 0.0738.